The van der Waals surface area contributed by atoms with Crippen LogP contribution in [0.1, 0.15) is 25.8 Å². The molecule has 1 fully saturated rings. The van der Waals surface area contributed by atoms with E-state index in [2.05, 4.69) is 13.8 Å². The van der Waals surface area contributed by atoms with Crippen molar-refractivity contribution in [3.8, 4) is 5.75 Å². The van der Waals surface area contributed by atoms with Gasteiger partial charge < -0.3 is 19.1 Å². The molecule has 7 heteroatoms. The van der Waals surface area contributed by atoms with Crippen LogP contribution in [0.25, 0.3) is 5.57 Å². The molecule has 158 valence electrons. The molecule has 0 atom stereocenters. The van der Waals surface area contributed by atoms with Gasteiger partial charge in [-0.2, -0.15) is 0 Å². The number of rotatable bonds is 9. The van der Waals surface area contributed by atoms with Crippen molar-refractivity contribution in [3.63, 3.8) is 0 Å². The largest absolute Gasteiger partial charge is 0.493 e. The summed E-state index contributed by atoms with van der Waals surface area (Å²) >= 11 is 0. The standard InChI is InChI=1S/C22H30N2O5/c1-16(2)15-29-18-7-5-17(6-8-18)19-20(23-10-13-28-14-11-23)22(26)24(21(19)25)9-4-12-27-3/h5-8,16H,4,9-15H2,1-3H3. The molecule has 2 aliphatic rings. The number of hydrogen-bond donors (Lipinski definition) is 0. The highest BCUT2D eigenvalue weighted by Gasteiger charge is 2.41. The number of methoxy groups -OCH3 is 1. The molecule has 1 aromatic carbocycles. The summed E-state index contributed by atoms with van der Waals surface area (Å²) in [5.41, 5.74) is 1.67. The molecular formula is C22H30N2O5. The summed E-state index contributed by atoms with van der Waals surface area (Å²) in [4.78, 5) is 29.6. The Bertz CT molecular complexity index is 751. The van der Waals surface area contributed by atoms with E-state index in [1.165, 1.54) is 4.90 Å². The van der Waals surface area contributed by atoms with Crippen molar-refractivity contribution in [2.75, 3.05) is 53.2 Å². The number of morpholine rings is 1. The summed E-state index contributed by atoms with van der Waals surface area (Å²) < 4.78 is 16.2. The van der Waals surface area contributed by atoms with E-state index in [0.29, 0.717) is 69.7 Å². The predicted molar refractivity (Wildman–Crippen MR) is 109 cm³/mol. The molecule has 0 saturated carbocycles. The zero-order valence-electron chi connectivity index (χ0n) is 17.5. The van der Waals surface area contributed by atoms with Crippen LogP contribution in [0.15, 0.2) is 30.0 Å². The summed E-state index contributed by atoms with van der Waals surface area (Å²) in [5.74, 6) is 0.705. The van der Waals surface area contributed by atoms with Gasteiger partial charge in [0.2, 0.25) is 0 Å². The van der Waals surface area contributed by atoms with Gasteiger partial charge in [0.25, 0.3) is 11.8 Å². The van der Waals surface area contributed by atoms with E-state index < -0.39 is 0 Å². The van der Waals surface area contributed by atoms with Gasteiger partial charge in [0.15, 0.2) is 0 Å². The van der Waals surface area contributed by atoms with E-state index >= 15 is 0 Å². The minimum atomic E-state index is -0.247. The molecule has 2 amide bonds. The third-order valence-electron chi connectivity index (χ3n) is 4.93. The van der Waals surface area contributed by atoms with Crippen LogP contribution in [0, 0.1) is 5.92 Å². The maximum atomic E-state index is 13.2. The fraction of sp³-hybridized carbons (Fsp3) is 0.545. The molecule has 0 spiro atoms. The lowest BCUT2D eigenvalue weighted by Gasteiger charge is -2.29. The van der Waals surface area contributed by atoms with Gasteiger partial charge in [-0.25, -0.2) is 0 Å². The molecule has 0 aliphatic carbocycles. The van der Waals surface area contributed by atoms with E-state index in [0.717, 1.165) is 11.3 Å². The van der Waals surface area contributed by atoms with E-state index in [9.17, 15) is 9.59 Å². The summed E-state index contributed by atoms with van der Waals surface area (Å²) in [6, 6.07) is 7.42. The Kier molecular flexibility index (Phi) is 7.28. The highest BCUT2D eigenvalue weighted by atomic mass is 16.5. The van der Waals surface area contributed by atoms with Gasteiger partial charge in [0.1, 0.15) is 11.4 Å². The lowest BCUT2D eigenvalue weighted by atomic mass is 10.0. The number of benzene rings is 1. The van der Waals surface area contributed by atoms with E-state index in [-0.39, 0.29) is 11.8 Å². The maximum Gasteiger partial charge on any atom is 0.277 e. The quantitative estimate of drug-likeness (QED) is 0.466. The van der Waals surface area contributed by atoms with E-state index in [4.69, 9.17) is 14.2 Å². The number of nitrogens with zero attached hydrogens (tertiary/aromatic N) is 2. The third kappa shape index (κ3) is 4.97. The first-order valence-electron chi connectivity index (χ1n) is 10.2. The first kappa shape index (κ1) is 21.3. The molecule has 3 rings (SSSR count). The van der Waals surface area contributed by atoms with Gasteiger partial charge in [-0.3, -0.25) is 14.5 Å². The second-order valence-corrected chi connectivity index (χ2v) is 7.66. The topological polar surface area (TPSA) is 68.3 Å². The molecule has 0 N–H and O–H groups in total. The van der Waals surface area contributed by atoms with Gasteiger partial charge in [0, 0.05) is 33.4 Å². The van der Waals surface area contributed by atoms with Crippen LogP contribution >= 0.6 is 0 Å². The number of amides is 2. The second-order valence-electron chi connectivity index (χ2n) is 7.66. The molecule has 1 saturated heterocycles. The molecular weight excluding hydrogens is 372 g/mol. The Balaban J connectivity index is 1.88. The summed E-state index contributed by atoms with van der Waals surface area (Å²) in [6.07, 6.45) is 0.611. The minimum Gasteiger partial charge on any atom is -0.493 e. The Morgan fingerprint density at radius 3 is 2.38 bits per heavy atom. The second kappa shape index (κ2) is 9.89. The first-order valence-corrected chi connectivity index (χ1v) is 10.2. The van der Waals surface area contributed by atoms with E-state index in [1.807, 2.05) is 29.2 Å². The lowest BCUT2D eigenvalue weighted by Crippen LogP contribution is -2.40. The van der Waals surface area contributed by atoms with Crippen LogP contribution in [0.3, 0.4) is 0 Å². The third-order valence-corrected chi connectivity index (χ3v) is 4.93. The Morgan fingerprint density at radius 1 is 1.07 bits per heavy atom. The van der Waals surface area contributed by atoms with Gasteiger partial charge in [-0.1, -0.05) is 26.0 Å². The van der Waals surface area contributed by atoms with Crippen LogP contribution < -0.4 is 4.74 Å². The Morgan fingerprint density at radius 2 is 1.76 bits per heavy atom. The molecule has 7 nitrogen and oxygen atoms in total. The maximum absolute atomic E-state index is 13.2. The van der Waals surface area contributed by atoms with Crippen LogP contribution in [-0.2, 0) is 19.1 Å². The lowest BCUT2D eigenvalue weighted by molar-refractivity contribution is -0.138. The molecule has 29 heavy (non-hydrogen) atoms. The Labute approximate surface area is 172 Å². The van der Waals surface area contributed by atoms with Crippen molar-refractivity contribution in [1.82, 2.24) is 9.80 Å². The molecule has 2 heterocycles. The van der Waals surface area contributed by atoms with Gasteiger partial charge in [-0.15, -0.1) is 0 Å². The fourth-order valence-electron chi connectivity index (χ4n) is 3.45. The zero-order chi connectivity index (χ0) is 20.8. The number of ether oxygens (including phenoxy) is 3. The van der Waals surface area contributed by atoms with Crippen molar-refractivity contribution in [1.29, 1.82) is 0 Å². The summed E-state index contributed by atoms with van der Waals surface area (Å²) in [5, 5.41) is 0. The summed E-state index contributed by atoms with van der Waals surface area (Å²) in [7, 11) is 1.61. The smallest absolute Gasteiger partial charge is 0.277 e. The molecule has 1 aromatic rings. The van der Waals surface area contributed by atoms with Crippen molar-refractivity contribution in [3.05, 3.63) is 35.5 Å². The highest BCUT2D eigenvalue weighted by Crippen LogP contribution is 2.33. The first-order chi connectivity index (χ1) is 14.0. The normalized spacial score (nSPS) is 17.7. The van der Waals surface area contributed by atoms with E-state index in [1.54, 1.807) is 7.11 Å². The summed E-state index contributed by atoms with van der Waals surface area (Å²) in [6.45, 7) is 7.95. The van der Waals surface area contributed by atoms with Crippen LogP contribution in [0.4, 0.5) is 0 Å². The van der Waals surface area contributed by atoms with Crippen LogP contribution in [0.2, 0.25) is 0 Å². The minimum absolute atomic E-state index is 0.233. The predicted octanol–water partition coefficient (Wildman–Crippen LogP) is 2.17. The zero-order valence-corrected chi connectivity index (χ0v) is 17.5. The fourth-order valence-corrected chi connectivity index (χ4v) is 3.45. The number of hydrogen-bond acceptors (Lipinski definition) is 6. The average Bonchev–Trinajstić information content (AvgIpc) is 2.98. The van der Waals surface area contributed by atoms with Crippen molar-refractivity contribution < 1.29 is 23.8 Å². The number of carbonyl (C=O) groups is 2. The molecule has 0 bridgehead atoms. The average molecular weight is 402 g/mol. The molecule has 0 unspecified atom stereocenters. The molecule has 2 aliphatic heterocycles. The van der Waals surface area contributed by atoms with Gasteiger partial charge in [-0.05, 0) is 30.0 Å². The van der Waals surface area contributed by atoms with Crippen LogP contribution in [0.5, 0.6) is 5.75 Å². The highest BCUT2D eigenvalue weighted by molar-refractivity contribution is 6.35. The van der Waals surface area contributed by atoms with Crippen LogP contribution in [-0.4, -0.2) is 74.8 Å². The monoisotopic (exact) mass is 402 g/mol. The molecule has 0 aromatic heterocycles. The van der Waals surface area contributed by atoms with Crippen molar-refractivity contribution in [2.24, 2.45) is 5.92 Å². The Hall–Kier alpha value is -2.38. The van der Waals surface area contributed by atoms with Gasteiger partial charge in [0.05, 0.1) is 25.4 Å². The number of imide groups is 1. The molecule has 0 radical (unpaired) electrons. The number of carbonyl (C=O) groups excluding carboxylic acids is 2. The van der Waals surface area contributed by atoms with Crippen molar-refractivity contribution >= 4 is 17.4 Å². The SMILES string of the molecule is COCCCN1C(=O)C(c2ccc(OCC(C)C)cc2)=C(N2CCOCC2)C1=O. The van der Waals surface area contributed by atoms with Gasteiger partial charge >= 0.3 is 0 Å². The van der Waals surface area contributed by atoms with Crippen molar-refractivity contribution in [2.45, 2.75) is 20.3 Å².